The maximum absolute atomic E-state index is 14.5. The summed E-state index contributed by atoms with van der Waals surface area (Å²) in [5, 5.41) is 9.36. The van der Waals surface area contributed by atoms with E-state index in [0.29, 0.717) is 23.9 Å². The van der Waals surface area contributed by atoms with Gasteiger partial charge in [-0.25, -0.2) is 19.2 Å². The van der Waals surface area contributed by atoms with Gasteiger partial charge in [0.1, 0.15) is 11.6 Å². The van der Waals surface area contributed by atoms with Crippen molar-refractivity contribution in [2.45, 2.75) is 52.2 Å². The molecule has 1 fully saturated rings. The van der Waals surface area contributed by atoms with Crippen molar-refractivity contribution < 1.29 is 14.2 Å². The molecule has 0 bridgehead atoms. The highest BCUT2D eigenvalue weighted by atomic mass is 19.1. The van der Waals surface area contributed by atoms with Crippen LogP contribution >= 0.6 is 0 Å². The van der Waals surface area contributed by atoms with Crippen molar-refractivity contribution in [1.82, 2.24) is 23.7 Å². The zero-order valence-corrected chi connectivity index (χ0v) is 20.9. The summed E-state index contributed by atoms with van der Waals surface area (Å²) in [6, 6.07) is 10.5. The minimum Gasteiger partial charge on any atom is -0.477 e. The smallest absolute Gasteiger partial charge is 0.332 e. The summed E-state index contributed by atoms with van der Waals surface area (Å²) in [7, 11) is 0. The lowest BCUT2D eigenvalue weighted by molar-refractivity contribution is 0.277. The predicted octanol–water partition coefficient (Wildman–Crippen LogP) is 3.36. The summed E-state index contributed by atoms with van der Waals surface area (Å²) >= 11 is 0. The second-order valence-corrected chi connectivity index (χ2v) is 9.72. The molecule has 0 aliphatic heterocycles. The number of pyridine rings is 1. The lowest BCUT2D eigenvalue weighted by Gasteiger charge is -2.15. The van der Waals surface area contributed by atoms with Gasteiger partial charge in [-0.1, -0.05) is 30.3 Å². The Balaban J connectivity index is 1.81. The Morgan fingerprint density at radius 1 is 1.16 bits per heavy atom. The van der Waals surface area contributed by atoms with Gasteiger partial charge in [-0.15, -0.1) is 0 Å². The minimum absolute atomic E-state index is 0.0694. The molecule has 0 atom stereocenters. The highest BCUT2D eigenvalue weighted by molar-refractivity contribution is 5.78. The van der Waals surface area contributed by atoms with Crippen molar-refractivity contribution in [2.75, 3.05) is 13.2 Å². The first kappa shape index (κ1) is 24.9. The highest BCUT2D eigenvalue weighted by Crippen LogP contribution is 2.34. The van der Waals surface area contributed by atoms with Crippen molar-refractivity contribution in [1.29, 1.82) is 0 Å². The molecule has 4 aromatic rings. The van der Waals surface area contributed by atoms with Crippen molar-refractivity contribution in [3.05, 3.63) is 74.8 Å². The van der Waals surface area contributed by atoms with E-state index in [1.807, 2.05) is 44.2 Å². The summed E-state index contributed by atoms with van der Waals surface area (Å²) in [6.45, 7) is 4.32. The SMILES string of the molecule is CC(C)n1c(=O)n(CCCO)c(=O)c2c1nc(-c1cc(F)cnc1OCC1CC1)n2Cc1ccccc1. The van der Waals surface area contributed by atoms with Crippen LogP contribution in [0.5, 0.6) is 5.88 Å². The van der Waals surface area contributed by atoms with Gasteiger partial charge in [-0.2, -0.15) is 0 Å². The third-order valence-electron chi connectivity index (χ3n) is 6.51. The van der Waals surface area contributed by atoms with E-state index in [1.165, 1.54) is 10.6 Å². The Morgan fingerprint density at radius 2 is 1.92 bits per heavy atom. The van der Waals surface area contributed by atoms with Crippen LogP contribution < -0.4 is 16.0 Å². The monoisotopic (exact) mass is 507 g/mol. The summed E-state index contributed by atoms with van der Waals surface area (Å²) in [5.74, 6) is 0.417. The summed E-state index contributed by atoms with van der Waals surface area (Å²) in [6.07, 6.45) is 3.52. The highest BCUT2D eigenvalue weighted by Gasteiger charge is 2.27. The standard InChI is InChI=1S/C27H30FN5O4/c1-17(2)33-24-22(26(35)31(27(33)36)11-6-12-34)32(15-18-7-4-3-5-8-18)23(30-24)21-13-20(28)14-29-25(21)37-16-19-9-10-19/h3-5,7-8,13-14,17,19,34H,6,9-12,15-16H2,1-2H3. The first-order valence-electron chi connectivity index (χ1n) is 12.6. The topological polar surface area (TPSA) is 104 Å². The number of hydrogen-bond donors (Lipinski definition) is 1. The Labute approximate surface area is 212 Å². The van der Waals surface area contributed by atoms with E-state index < -0.39 is 17.1 Å². The number of hydrogen-bond acceptors (Lipinski definition) is 6. The zero-order valence-electron chi connectivity index (χ0n) is 20.9. The van der Waals surface area contributed by atoms with Gasteiger partial charge in [-0.3, -0.25) is 13.9 Å². The predicted molar refractivity (Wildman–Crippen MR) is 137 cm³/mol. The molecule has 3 aromatic heterocycles. The van der Waals surface area contributed by atoms with Crippen molar-refractivity contribution in [2.24, 2.45) is 5.92 Å². The fourth-order valence-electron chi connectivity index (χ4n) is 4.45. The van der Waals surface area contributed by atoms with Gasteiger partial charge in [0.05, 0.1) is 18.4 Å². The Kier molecular flexibility index (Phi) is 6.92. The molecule has 0 radical (unpaired) electrons. The summed E-state index contributed by atoms with van der Waals surface area (Å²) in [4.78, 5) is 36.1. The molecule has 0 amide bonds. The maximum atomic E-state index is 14.5. The van der Waals surface area contributed by atoms with Crippen molar-refractivity contribution in [3.63, 3.8) is 0 Å². The van der Waals surface area contributed by atoms with E-state index in [2.05, 4.69) is 4.98 Å². The first-order chi connectivity index (χ1) is 17.9. The number of aliphatic hydroxyl groups is 1. The van der Waals surface area contributed by atoms with Gasteiger partial charge in [0.25, 0.3) is 5.56 Å². The molecule has 1 N–H and O–H groups in total. The van der Waals surface area contributed by atoms with E-state index in [0.717, 1.165) is 29.2 Å². The van der Waals surface area contributed by atoms with Crippen LogP contribution in [0, 0.1) is 11.7 Å². The van der Waals surface area contributed by atoms with Gasteiger partial charge in [0.15, 0.2) is 11.2 Å². The number of imidazole rings is 1. The molecular formula is C27H30FN5O4. The number of benzene rings is 1. The van der Waals surface area contributed by atoms with Crippen LogP contribution in [0.25, 0.3) is 22.6 Å². The molecule has 0 unspecified atom stereocenters. The molecule has 194 valence electrons. The molecule has 3 heterocycles. The van der Waals surface area contributed by atoms with E-state index in [-0.39, 0.29) is 49.2 Å². The van der Waals surface area contributed by atoms with E-state index in [1.54, 1.807) is 4.57 Å². The summed E-state index contributed by atoms with van der Waals surface area (Å²) < 4.78 is 24.8. The number of rotatable bonds is 10. The number of aromatic nitrogens is 5. The van der Waals surface area contributed by atoms with Crippen LogP contribution in [0.15, 0.2) is 52.2 Å². The molecule has 37 heavy (non-hydrogen) atoms. The molecule has 5 rings (SSSR count). The lowest BCUT2D eigenvalue weighted by atomic mass is 10.2. The van der Waals surface area contributed by atoms with Gasteiger partial charge < -0.3 is 14.4 Å². The largest absolute Gasteiger partial charge is 0.477 e. The second kappa shape index (κ2) is 10.3. The maximum Gasteiger partial charge on any atom is 0.332 e. The van der Waals surface area contributed by atoms with Gasteiger partial charge >= 0.3 is 5.69 Å². The number of aliphatic hydroxyl groups excluding tert-OH is 1. The van der Waals surface area contributed by atoms with Gasteiger partial charge in [-0.05, 0) is 50.7 Å². The first-order valence-corrected chi connectivity index (χ1v) is 12.6. The van der Waals surface area contributed by atoms with Crippen LogP contribution in [-0.4, -0.2) is 42.0 Å². The molecule has 1 saturated carbocycles. The fraction of sp³-hybridized carbons (Fsp3) is 0.407. The summed E-state index contributed by atoms with van der Waals surface area (Å²) in [5.41, 5.74) is 0.647. The number of ether oxygens (including phenoxy) is 1. The minimum atomic E-state index is -0.561. The third-order valence-corrected chi connectivity index (χ3v) is 6.51. The van der Waals surface area contributed by atoms with Gasteiger partial charge in [0, 0.05) is 25.7 Å². The quantitative estimate of drug-likeness (QED) is 0.353. The molecule has 10 heteroatoms. The molecule has 9 nitrogen and oxygen atoms in total. The number of nitrogens with zero attached hydrogens (tertiary/aromatic N) is 5. The zero-order chi connectivity index (χ0) is 26.1. The second-order valence-electron chi connectivity index (χ2n) is 9.72. The molecule has 1 aliphatic rings. The van der Waals surface area contributed by atoms with Crippen LogP contribution in [-0.2, 0) is 13.1 Å². The van der Waals surface area contributed by atoms with Crippen LogP contribution in [0.3, 0.4) is 0 Å². The third kappa shape index (κ3) is 4.93. The molecule has 1 aromatic carbocycles. The fourth-order valence-corrected chi connectivity index (χ4v) is 4.45. The van der Waals surface area contributed by atoms with Crippen LogP contribution in [0.4, 0.5) is 4.39 Å². The van der Waals surface area contributed by atoms with Crippen LogP contribution in [0.1, 0.15) is 44.7 Å². The Morgan fingerprint density at radius 3 is 2.59 bits per heavy atom. The van der Waals surface area contributed by atoms with E-state index in [9.17, 15) is 19.1 Å². The molecule has 0 saturated heterocycles. The Bertz CT molecular complexity index is 1540. The molecular weight excluding hydrogens is 477 g/mol. The molecule has 0 spiro atoms. The normalized spacial score (nSPS) is 13.5. The molecule has 1 aliphatic carbocycles. The number of halogens is 1. The van der Waals surface area contributed by atoms with E-state index in [4.69, 9.17) is 9.72 Å². The van der Waals surface area contributed by atoms with Gasteiger partial charge in [0.2, 0.25) is 5.88 Å². The number of fused-ring (bicyclic) bond motifs is 1. The Hall–Kier alpha value is -3.79. The van der Waals surface area contributed by atoms with Crippen LogP contribution in [0.2, 0.25) is 0 Å². The van der Waals surface area contributed by atoms with Crippen molar-refractivity contribution >= 4 is 11.2 Å². The van der Waals surface area contributed by atoms with E-state index >= 15 is 0 Å². The average molecular weight is 508 g/mol. The van der Waals surface area contributed by atoms with Crippen molar-refractivity contribution in [3.8, 4) is 17.3 Å². The lowest BCUT2D eigenvalue weighted by Crippen LogP contribution is -2.41. The average Bonchev–Trinajstić information content (AvgIpc) is 3.64.